The maximum atomic E-state index is 13.8. The molecule has 2 heterocycles. The molecule has 122 valence electrons. The molecule has 0 aliphatic carbocycles. The summed E-state index contributed by atoms with van der Waals surface area (Å²) in [5, 5.41) is 6.23. The Bertz CT molecular complexity index is 882. The van der Waals surface area contributed by atoms with E-state index >= 15 is 0 Å². The fourth-order valence-electron chi connectivity index (χ4n) is 1.92. The third kappa shape index (κ3) is 3.54. The van der Waals surface area contributed by atoms with Crippen molar-refractivity contribution in [1.29, 1.82) is 0 Å². The molecule has 9 heteroatoms. The Morgan fingerprint density at radius 1 is 1.21 bits per heavy atom. The molecule has 3 rings (SSSR count). The van der Waals surface area contributed by atoms with Gasteiger partial charge in [-0.15, -0.1) is 5.10 Å². The number of hydrogen-bond acceptors (Lipinski definition) is 4. The van der Waals surface area contributed by atoms with Gasteiger partial charge >= 0.3 is 0 Å². The molecule has 1 amide bonds. The predicted octanol–water partition coefficient (Wildman–Crippen LogP) is 2.91. The van der Waals surface area contributed by atoms with Gasteiger partial charge in [-0.3, -0.25) is 9.78 Å². The average molecular weight is 350 g/mol. The van der Waals surface area contributed by atoms with Gasteiger partial charge in [0.25, 0.3) is 5.91 Å². The summed E-state index contributed by atoms with van der Waals surface area (Å²) in [5.74, 6) is -2.00. The molecule has 3 aromatic rings. The largest absolute Gasteiger partial charge is 0.317 e. The van der Waals surface area contributed by atoms with Crippen LogP contribution in [-0.2, 0) is 6.54 Å². The Hall–Kier alpha value is -2.87. The van der Waals surface area contributed by atoms with Gasteiger partial charge in [0, 0.05) is 0 Å². The highest BCUT2D eigenvalue weighted by atomic mass is 35.5. The van der Waals surface area contributed by atoms with Crippen molar-refractivity contribution in [2.45, 2.75) is 6.54 Å². The van der Waals surface area contributed by atoms with Gasteiger partial charge < -0.3 is 5.32 Å². The smallest absolute Gasteiger partial charge is 0.295 e. The summed E-state index contributed by atoms with van der Waals surface area (Å²) in [6, 6.07) is 7.02. The molecular formula is C15H10ClF2N5O. The average Bonchev–Trinajstić information content (AvgIpc) is 3.03. The second-order valence-electron chi connectivity index (χ2n) is 4.79. The molecule has 0 fully saturated rings. The van der Waals surface area contributed by atoms with Crippen LogP contribution in [0.25, 0.3) is 0 Å². The van der Waals surface area contributed by atoms with E-state index in [4.69, 9.17) is 11.6 Å². The van der Waals surface area contributed by atoms with Crippen LogP contribution in [0, 0.1) is 11.6 Å². The van der Waals surface area contributed by atoms with Crippen molar-refractivity contribution in [1.82, 2.24) is 19.7 Å². The third-order valence-corrected chi connectivity index (χ3v) is 3.34. The van der Waals surface area contributed by atoms with Crippen LogP contribution in [0.1, 0.15) is 16.3 Å². The van der Waals surface area contributed by atoms with Crippen molar-refractivity contribution in [2.75, 3.05) is 5.32 Å². The fraction of sp³-hybridized carbons (Fsp3) is 0.0667. The van der Waals surface area contributed by atoms with E-state index in [1.54, 1.807) is 0 Å². The number of benzene rings is 1. The van der Waals surface area contributed by atoms with Crippen LogP contribution < -0.4 is 5.32 Å². The zero-order chi connectivity index (χ0) is 17.1. The minimum atomic E-state index is -0.734. The standard InChI is InChI=1S/C15H10ClF2N5O/c16-11-2-1-3-12(13(11)18)21-15(24)14-20-8-23(22-14)7-10-5-4-9(17)6-19-10/h1-6,8H,7H2,(H,21,24). The van der Waals surface area contributed by atoms with Gasteiger partial charge in [0.15, 0.2) is 5.82 Å². The van der Waals surface area contributed by atoms with Crippen LogP contribution in [0.4, 0.5) is 14.5 Å². The molecule has 6 nitrogen and oxygen atoms in total. The highest BCUT2D eigenvalue weighted by Crippen LogP contribution is 2.22. The van der Waals surface area contributed by atoms with E-state index in [1.165, 1.54) is 41.3 Å². The first-order chi connectivity index (χ1) is 11.5. The number of rotatable bonds is 4. The number of hydrogen-bond donors (Lipinski definition) is 1. The second-order valence-corrected chi connectivity index (χ2v) is 5.20. The maximum absolute atomic E-state index is 13.8. The van der Waals surface area contributed by atoms with Crippen molar-refractivity contribution in [3.8, 4) is 0 Å². The summed E-state index contributed by atoms with van der Waals surface area (Å²) in [4.78, 5) is 19.8. The fourth-order valence-corrected chi connectivity index (χ4v) is 2.09. The number of pyridine rings is 1. The third-order valence-electron chi connectivity index (χ3n) is 3.05. The number of nitrogens with one attached hydrogen (secondary N) is 1. The highest BCUT2D eigenvalue weighted by molar-refractivity contribution is 6.31. The van der Waals surface area contributed by atoms with Crippen molar-refractivity contribution < 1.29 is 13.6 Å². The number of carbonyl (C=O) groups is 1. The summed E-state index contributed by atoms with van der Waals surface area (Å²) in [6.45, 7) is 0.214. The van der Waals surface area contributed by atoms with Crippen molar-refractivity contribution in [2.24, 2.45) is 0 Å². The molecule has 0 aliphatic heterocycles. The van der Waals surface area contributed by atoms with E-state index in [-0.39, 0.29) is 23.1 Å². The van der Waals surface area contributed by atoms with Gasteiger partial charge in [0.1, 0.15) is 12.1 Å². The molecule has 0 spiro atoms. The number of amides is 1. The van der Waals surface area contributed by atoms with Crippen LogP contribution in [0.3, 0.4) is 0 Å². The molecule has 0 aliphatic rings. The Morgan fingerprint density at radius 3 is 2.79 bits per heavy atom. The normalized spacial score (nSPS) is 10.6. The molecule has 0 bridgehead atoms. The predicted molar refractivity (Wildman–Crippen MR) is 82.7 cm³/mol. The van der Waals surface area contributed by atoms with Gasteiger partial charge in [0.05, 0.1) is 29.1 Å². The van der Waals surface area contributed by atoms with Gasteiger partial charge in [-0.05, 0) is 24.3 Å². The summed E-state index contributed by atoms with van der Waals surface area (Å²) < 4.78 is 27.9. The van der Waals surface area contributed by atoms with Gasteiger partial charge in [-0.25, -0.2) is 18.4 Å². The summed E-state index contributed by atoms with van der Waals surface area (Å²) in [7, 11) is 0. The summed E-state index contributed by atoms with van der Waals surface area (Å²) >= 11 is 5.65. The monoisotopic (exact) mass is 349 g/mol. The lowest BCUT2D eigenvalue weighted by molar-refractivity contribution is 0.101. The van der Waals surface area contributed by atoms with Crippen LogP contribution in [0.15, 0.2) is 42.9 Å². The summed E-state index contributed by atoms with van der Waals surface area (Å²) in [5.41, 5.74) is 0.484. The molecule has 2 aromatic heterocycles. The van der Waals surface area contributed by atoms with E-state index in [1.807, 2.05) is 0 Å². The van der Waals surface area contributed by atoms with Crippen LogP contribution in [0.2, 0.25) is 5.02 Å². The molecule has 0 saturated heterocycles. The molecule has 0 atom stereocenters. The Morgan fingerprint density at radius 2 is 2.04 bits per heavy atom. The zero-order valence-electron chi connectivity index (χ0n) is 12.1. The Kier molecular flexibility index (Phi) is 4.48. The van der Waals surface area contributed by atoms with E-state index in [0.29, 0.717) is 5.69 Å². The maximum Gasteiger partial charge on any atom is 0.295 e. The van der Waals surface area contributed by atoms with Crippen LogP contribution in [-0.4, -0.2) is 25.7 Å². The molecule has 1 N–H and O–H groups in total. The Balaban J connectivity index is 1.71. The minimum absolute atomic E-state index is 0.0657. The first-order valence-electron chi connectivity index (χ1n) is 6.78. The zero-order valence-corrected chi connectivity index (χ0v) is 12.8. The molecule has 0 saturated carbocycles. The number of halogens is 3. The molecule has 24 heavy (non-hydrogen) atoms. The number of anilines is 1. The van der Waals surface area contributed by atoms with Gasteiger partial charge in [-0.1, -0.05) is 17.7 Å². The highest BCUT2D eigenvalue weighted by Gasteiger charge is 2.15. The SMILES string of the molecule is O=C(Nc1cccc(Cl)c1F)c1ncn(Cc2ccc(F)cn2)n1. The number of carbonyl (C=O) groups excluding carboxylic acids is 1. The van der Waals surface area contributed by atoms with Crippen molar-refractivity contribution in [3.05, 3.63) is 71.0 Å². The lowest BCUT2D eigenvalue weighted by Gasteiger charge is -2.05. The molecular weight excluding hydrogens is 340 g/mol. The minimum Gasteiger partial charge on any atom is -0.317 e. The van der Waals surface area contributed by atoms with Crippen LogP contribution >= 0.6 is 11.6 Å². The lowest BCUT2D eigenvalue weighted by atomic mass is 10.3. The molecule has 0 radical (unpaired) electrons. The lowest BCUT2D eigenvalue weighted by Crippen LogP contribution is -2.15. The van der Waals surface area contributed by atoms with Gasteiger partial charge in [0.2, 0.25) is 5.82 Å². The van der Waals surface area contributed by atoms with E-state index in [2.05, 4.69) is 20.4 Å². The van der Waals surface area contributed by atoms with Gasteiger partial charge in [-0.2, -0.15) is 0 Å². The number of nitrogens with zero attached hydrogens (tertiary/aromatic N) is 4. The van der Waals surface area contributed by atoms with Crippen molar-refractivity contribution in [3.63, 3.8) is 0 Å². The second kappa shape index (κ2) is 6.71. The first-order valence-corrected chi connectivity index (χ1v) is 7.16. The van der Waals surface area contributed by atoms with E-state index in [9.17, 15) is 13.6 Å². The van der Waals surface area contributed by atoms with E-state index < -0.39 is 17.5 Å². The van der Waals surface area contributed by atoms with Crippen LogP contribution in [0.5, 0.6) is 0 Å². The quantitative estimate of drug-likeness (QED) is 0.786. The topological polar surface area (TPSA) is 72.7 Å². The molecule has 1 aromatic carbocycles. The summed E-state index contributed by atoms with van der Waals surface area (Å²) in [6.07, 6.45) is 2.41. The number of aromatic nitrogens is 4. The first kappa shape index (κ1) is 16.0. The van der Waals surface area contributed by atoms with E-state index in [0.717, 1.165) is 6.20 Å². The van der Waals surface area contributed by atoms with Crippen molar-refractivity contribution >= 4 is 23.2 Å². The molecule has 0 unspecified atom stereocenters. The Labute approximate surface area is 140 Å².